The Labute approximate surface area is 123 Å². The fourth-order valence-electron chi connectivity index (χ4n) is 2.19. The zero-order valence-corrected chi connectivity index (χ0v) is 12.2. The average molecular weight is 289 g/mol. The predicted molar refractivity (Wildman–Crippen MR) is 79.9 cm³/mol. The summed E-state index contributed by atoms with van der Waals surface area (Å²) in [5.41, 5.74) is 1.23. The Morgan fingerprint density at radius 2 is 2.00 bits per heavy atom. The van der Waals surface area contributed by atoms with Gasteiger partial charge in [-0.3, -0.25) is 14.4 Å². The van der Waals surface area contributed by atoms with Gasteiger partial charge in [-0.15, -0.1) is 0 Å². The van der Waals surface area contributed by atoms with E-state index < -0.39 is 11.8 Å². The number of nitrogens with one attached hydrogen (secondary N) is 2. The third-order valence-electron chi connectivity index (χ3n) is 3.12. The van der Waals surface area contributed by atoms with Gasteiger partial charge in [0, 0.05) is 30.4 Å². The van der Waals surface area contributed by atoms with Crippen LogP contribution in [-0.4, -0.2) is 30.3 Å². The van der Waals surface area contributed by atoms with Gasteiger partial charge in [-0.25, -0.2) is 0 Å². The van der Waals surface area contributed by atoms with Gasteiger partial charge >= 0.3 is 11.8 Å². The number of hydrogen-bond donors (Lipinski definition) is 2. The molecule has 1 aliphatic heterocycles. The topological polar surface area (TPSA) is 78.5 Å². The number of hydrogen-bond acceptors (Lipinski definition) is 3. The molecule has 1 heterocycles. The van der Waals surface area contributed by atoms with Crippen molar-refractivity contribution in [1.82, 2.24) is 5.32 Å². The lowest BCUT2D eigenvalue weighted by Gasteiger charge is -2.16. The van der Waals surface area contributed by atoms with Crippen LogP contribution in [-0.2, 0) is 14.4 Å². The molecule has 0 spiro atoms. The summed E-state index contributed by atoms with van der Waals surface area (Å²) in [6, 6.07) is 6.84. The minimum atomic E-state index is -0.714. The largest absolute Gasteiger partial charge is 0.346 e. The molecule has 0 atom stereocenters. The van der Waals surface area contributed by atoms with Crippen LogP contribution < -0.4 is 15.5 Å². The van der Waals surface area contributed by atoms with E-state index in [9.17, 15) is 14.4 Å². The first-order valence-electron chi connectivity index (χ1n) is 6.99. The van der Waals surface area contributed by atoms with Crippen molar-refractivity contribution in [1.29, 1.82) is 0 Å². The molecule has 3 amide bonds. The van der Waals surface area contributed by atoms with Gasteiger partial charge in [-0.1, -0.05) is 6.07 Å². The van der Waals surface area contributed by atoms with Crippen LogP contribution in [0.5, 0.6) is 0 Å². The van der Waals surface area contributed by atoms with Gasteiger partial charge in [0.15, 0.2) is 0 Å². The highest BCUT2D eigenvalue weighted by atomic mass is 16.2. The van der Waals surface area contributed by atoms with Crippen LogP contribution in [0, 0.1) is 0 Å². The van der Waals surface area contributed by atoms with Crippen LogP contribution in [0.1, 0.15) is 26.7 Å². The van der Waals surface area contributed by atoms with Crippen LogP contribution in [0.25, 0.3) is 0 Å². The van der Waals surface area contributed by atoms with Crippen molar-refractivity contribution in [3.8, 4) is 0 Å². The zero-order chi connectivity index (χ0) is 15.4. The summed E-state index contributed by atoms with van der Waals surface area (Å²) < 4.78 is 0. The molecule has 0 unspecified atom stereocenters. The Morgan fingerprint density at radius 3 is 2.62 bits per heavy atom. The number of carbonyl (C=O) groups is 3. The number of amides is 3. The van der Waals surface area contributed by atoms with Crippen LogP contribution in [0.3, 0.4) is 0 Å². The molecule has 6 nitrogen and oxygen atoms in total. The Morgan fingerprint density at radius 1 is 1.24 bits per heavy atom. The van der Waals surface area contributed by atoms with Crippen LogP contribution in [0.15, 0.2) is 24.3 Å². The van der Waals surface area contributed by atoms with E-state index in [1.807, 2.05) is 6.07 Å². The lowest BCUT2D eigenvalue weighted by molar-refractivity contribution is -0.136. The lowest BCUT2D eigenvalue weighted by Crippen LogP contribution is -2.39. The molecule has 21 heavy (non-hydrogen) atoms. The van der Waals surface area contributed by atoms with Gasteiger partial charge in [0.1, 0.15) is 0 Å². The number of anilines is 2. The van der Waals surface area contributed by atoms with Crippen LogP contribution in [0.2, 0.25) is 0 Å². The second-order valence-electron chi connectivity index (χ2n) is 5.28. The van der Waals surface area contributed by atoms with Crippen molar-refractivity contribution in [2.45, 2.75) is 32.7 Å². The molecular weight excluding hydrogens is 270 g/mol. The molecule has 112 valence electrons. The van der Waals surface area contributed by atoms with E-state index >= 15 is 0 Å². The van der Waals surface area contributed by atoms with Gasteiger partial charge in [-0.2, -0.15) is 0 Å². The van der Waals surface area contributed by atoms with Crippen LogP contribution in [0.4, 0.5) is 11.4 Å². The van der Waals surface area contributed by atoms with Gasteiger partial charge in [0.2, 0.25) is 5.91 Å². The van der Waals surface area contributed by atoms with E-state index in [1.165, 1.54) is 0 Å². The molecule has 6 heteroatoms. The molecule has 0 aliphatic carbocycles. The molecular formula is C15H19N3O3. The fraction of sp³-hybridized carbons (Fsp3) is 0.400. The number of nitrogens with zero attached hydrogens (tertiary/aromatic N) is 1. The Hall–Kier alpha value is -2.37. The summed E-state index contributed by atoms with van der Waals surface area (Å²) in [7, 11) is 0. The maximum Gasteiger partial charge on any atom is 0.313 e. The number of rotatable bonds is 3. The minimum Gasteiger partial charge on any atom is -0.346 e. The summed E-state index contributed by atoms with van der Waals surface area (Å²) in [6.07, 6.45) is 1.39. The summed E-state index contributed by atoms with van der Waals surface area (Å²) >= 11 is 0. The molecule has 2 N–H and O–H groups in total. The van der Waals surface area contributed by atoms with Crippen molar-refractivity contribution in [3.05, 3.63) is 24.3 Å². The summed E-state index contributed by atoms with van der Waals surface area (Å²) in [5, 5.41) is 5.06. The third-order valence-corrected chi connectivity index (χ3v) is 3.12. The van der Waals surface area contributed by atoms with E-state index in [0.29, 0.717) is 18.7 Å². The van der Waals surface area contributed by atoms with Gasteiger partial charge in [-0.05, 0) is 38.5 Å². The van der Waals surface area contributed by atoms with Crippen molar-refractivity contribution in [2.75, 3.05) is 16.8 Å². The summed E-state index contributed by atoms with van der Waals surface area (Å²) in [5.74, 6) is -1.31. The molecule has 1 fully saturated rings. The lowest BCUT2D eigenvalue weighted by atomic mass is 10.2. The number of carbonyl (C=O) groups excluding carboxylic acids is 3. The highest BCUT2D eigenvalue weighted by molar-refractivity contribution is 6.39. The average Bonchev–Trinajstić information content (AvgIpc) is 2.84. The standard InChI is InChI=1S/C15H19N3O3/c1-10(2)16-14(20)15(21)17-11-5-3-6-12(9-11)18-8-4-7-13(18)19/h3,5-6,9-10H,4,7-8H2,1-2H3,(H,16,20)(H,17,21). The molecule has 0 aromatic heterocycles. The van der Waals surface area contributed by atoms with E-state index in [2.05, 4.69) is 10.6 Å². The minimum absolute atomic E-state index is 0.0797. The first-order valence-corrected chi connectivity index (χ1v) is 6.99. The highest BCUT2D eigenvalue weighted by Crippen LogP contribution is 2.24. The fourth-order valence-corrected chi connectivity index (χ4v) is 2.19. The maximum atomic E-state index is 11.7. The Bertz CT molecular complexity index is 569. The number of benzene rings is 1. The molecule has 1 aromatic carbocycles. The van der Waals surface area contributed by atoms with E-state index in [1.54, 1.807) is 36.9 Å². The second kappa shape index (κ2) is 6.39. The SMILES string of the molecule is CC(C)NC(=O)C(=O)Nc1cccc(N2CCCC2=O)c1. The smallest absolute Gasteiger partial charge is 0.313 e. The second-order valence-corrected chi connectivity index (χ2v) is 5.28. The summed E-state index contributed by atoms with van der Waals surface area (Å²) in [6.45, 7) is 4.25. The van der Waals surface area contributed by atoms with Crippen molar-refractivity contribution >= 4 is 29.1 Å². The predicted octanol–water partition coefficient (Wildman–Crippen LogP) is 1.28. The van der Waals surface area contributed by atoms with Crippen molar-refractivity contribution in [2.24, 2.45) is 0 Å². The van der Waals surface area contributed by atoms with Crippen molar-refractivity contribution in [3.63, 3.8) is 0 Å². The van der Waals surface area contributed by atoms with Gasteiger partial charge in [0.25, 0.3) is 0 Å². The first kappa shape index (κ1) is 15.0. The van der Waals surface area contributed by atoms with Crippen molar-refractivity contribution < 1.29 is 14.4 Å². The monoisotopic (exact) mass is 289 g/mol. The Balaban J connectivity index is 2.06. The zero-order valence-electron chi connectivity index (χ0n) is 12.2. The quantitative estimate of drug-likeness (QED) is 0.823. The molecule has 1 aromatic rings. The molecule has 2 rings (SSSR count). The summed E-state index contributed by atoms with van der Waals surface area (Å²) in [4.78, 5) is 36.7. The van der Waals surface area contributed by atoms with Gasteiger partial charge < -0.3 is 15.5 Å². The van der Waals surface area contributed by atoms with Crippen LogP contribution >= 0.6 is 0 Å². The third kappa shape index (κ3) is 3.81. The van der Waals surface area contributed by atoms with E-state index in [-0.39, 0.29) is 11.9 Å². The molecule has 0 saturated carbocycles. The van der Waals surface area contributed by atoms with E-state index in [0.717, 1.165) is 12.1 Å². The van der Waals surface area contributed by atoms with E-state index in [4.69, 9.17) is 0 Å². The van der Waals surface area contributed by atoms with Gasteiger partial charge in [0.05, 0.1) is 0 Å². The molecule has 0 radical (unpaired) electrons. The first-order chi connectivity index (χ1) is 9.97. The normalized spacial score (nSPS) is 14.4. The molecule has 1 saturated heterocycles. The molecule has 1 aliphatic rings. The molecule has 0 bridgehead atoms. The highest BCUT2D eigenvalue weighted by Gasteiger charge is 2.22. The Kier molecular flexibility index (Phi) is 4.57. The maximum absolute atomic E-state index is 11.7.